The number of methoxy groups -OCH3 is 1. The second kappa shape index (κ2) is 4.44. The van der Waals surface area contributed by atoms with E-state index in [2.05, 4.69) is 15.9 Å². The molecule has 0 aliphatic carbocycles. The molecule has 6 heteroatoms. The van der Waals surface area contributed by atoms with Gasteiger partial charge in [0.25, 0.3) is 0 Å². The van der Waals surface area contributed by atoms with Crippen molar-refractivity contribution in [3.05, 3.63) is 28.2 Å². The highest BCUT2D eigenvalue weighted by molar-refractivity contribution is 9.10. The van der Waals surface area contributed by atoms with E-state index in [4.69, 9.17) is 4.74 Å². The summed E-state index contributed by atoms with van der Waals surface area (Å²) in [5, 5.41) is 0. The molecule has 4 nitrogen and oxygen atoms in total. The van der Waals surface area contributed by atoms with Gasteiger partial charge in [0.15, 0.2) is 0 Å². The lowest BCUT2D eigenvalue weighted by molar-refractivity contribution is 0.179. The van der Waals surface area contributed by atoms with E-state index in [0.29, 0.717) is 24.6 Å². The molecule has 0 amide bonds. The Morgan fingerprint density at radius 2 is 2.25 bits per heavy atom. The van der Waals surface area contributed by atoms with Crippen molar-refractivity contribution in [2.75, 3.05) is 20.3 Å². The molecule has 0 fully saturated rings. The van der Waals surface area contributed by atoms with Gasteiger partial charge in [-0.1, -0.05) is 15.9 Å². The standard InChI is InChI=1S/C10H12BrNO3S/c1-15-5-4-12-7-8-6-9(11)2-3-10(8)16(12,13)14/h2-3,6H,4-5,7H2,1H3. The Balaban J connectivity index is 2.34. The van der Waals surface area contributed by atoms with Crippen molar-refractivity contribution in [3.8, 4) is 0 Å². The van der Waals surface area contributed by atoms with Gasteiger partial charge in [-0.2, -0.15) is 4.31 Å². The van der Waals surface area contributed by atoms with Gasteiger partial charge in [-0.05, 0) is 23.8 Å². The van der Waals surface area contributed by atoms with Crippen LogP contribution in [-0.2, 0) is 21.3 Å². The molecule has 0 bridgehead atoms. The molecule has 0 unspecified atom stereocenters. The minimum Gasteiger partial charge on any atom is -0.383 e. The highest BCUT2D eigenvalue weighted by Gasteiger charge is 2.33. The van der Waals surface area contributed by atoms with E-state index in [-0.39, 0.29) is 0 Å². The third-order valence-corrected chi connectivity index (χ3v) is 4.97. The van der Waals surface area contributed by atoms with Crippen molar-refractivity contribution in [1.82, 2.24) is 4.31 Å². The summed E-state index contributed by atoms with van der Waals surface area (Å²) in [6, 6.07) is 5.23. The fourth-order valence-corrected chi connectivity index (χ4v) is 3.74. The van der Waals surface area contributed by atoms with Crippen LogP contribution in [0.4, 0.5) is 0 Å². The van der Waals surface area contributed by atoms with Crippen LogP contribution in [0.5, 0.6) is 0 Å². The number of hydrogen-bond donors (Lipinski definition) is 0. The zero-order valence-corrected chi connectivity index (χ0v) is 11.2. The molecule has 0 atom stereocenters. The lowest BCUT2D eigenvalue weighted by Gasteiger charge is -2.12. The average molecular weight is 306 g/mol. The number of fused-ring (bicyclic) bond motifs is 1. The third-order valence-electron chi connectivity index (χ3n) is 2.53. The van der Waals surface area contributed by atoms with Gasteiger partial charge in [0.05, 0.1) is 11.5 Å². The van der Waals surface area contributed by atoms with Crippen LogP contribution >= 0.6 is 15.9 Å². The lowest BCUT2D eigenvalue weighted by atomic mass is 10.2. The normalized spacial score (nSPS) is 18.6. The number of halogens is 1. The molecule has 0 aromatic heterocycles. The highest BCUT2D eigenvalue weighted by atomic mass is 79.9. The Morgan fingerprint density at radius 3 is 2.94 bits per heavy atom. The fraction of sp³-hybridized carbons (Fsp3) is 0.400. The molecule has 88 valence electrons. The molecule has 2 rings (SSSR count). The summed E-state index contributed by atoms with van der Waals surface area (Å²) in [4.78, 5) is 0.409. The summed E-state index contributed by atoms with van der Waals surface area (Å²) in [5.74, 6) is 0. The Labute approximate surface area is 103 Å². The Kier molecular flexibility index (Phi) is 3.34. The first-order chi connectivity index (χ1) is 7.55. The van der Waals surface area contributed by atoms with Gasteiger partial charge in [-0.3, -0.25) is 0 Å². The maximum absolute atomic E-state index is 12.1. The average Bonchev–Trinajstić information content (AvgIpc) is 2.47. The Hall–Kier alpha value is -0.430. The first kappa shape index (κ1) is 12.0. The Morgan fingerprint density at radius 1 is 1.50 bits per heavy atom. The molecular formula is C10H12BrNO3S. The molecule has 16 heavy (non-hydrogen) atoms. The first-order valence-electron chi connectivity index (χ1n) is 4.83. The summed E-state index contributed by atoms with van der Waals surface area (Å²) < 4.78 is 31.4. The van der Waals surface area contributed by atoms with Crippen LogP contribution in [0, 0.1) is 0 Å². The number of rotatable bonds is 3. The van der Waals surface area contributed by atoms with Crippen LogP contribution in [-0.4, -0.2) is 33.0 Å². The van der Waals surface area contributed by atoms with E-state index in [9.17, 15) is 8.42 Å². The molecule has 0 saturated carbocycles. The second-order valence-electron chi connectivity index (χ2n) is 3.58. The third kappa shape index (κ3) is 2.02. The van der Waals surface area contributed by atoms with Gasteiger partial charge in [0.1, 0.15) is 0 Å². The van der Waals surface area contributed by atoms with Crippen molar-refractivity contribution in [2.45, 2.75) is 11.4 Å². The fourth-order valence-electron chi connectivity index (χ4n) is 1.73. The SMILES string of the molecule is COCCN1Cc2cc(Br)ccc2S1(=O)=O. The van der Waals surface area contributed by atoms with E-state index in [1.807, 2.05) is 6.07 Å². The van der Waals surface area contributed by atoms with Crippen molar-refractivity contribution in [2.24, 2.45) is 0 Å². The van der Waals surface area contributed by atoms with Gasteiger partial charge in [-0.25, -0.2) is 8.42 Å². The molecule has 1 heterocycles. The van der Waals surface area contributed by atoms with Crippen LogP contribution in [0.15, 0.2) is 27.6 Å². The van der Waals surface area contributed by atoms with Gasteiger partial charge < -0.3 is 4.74 Å². The molecule has 0 saturated heterocycles. The second-order valence-corrected chi connectivity index (χ2v) is 6.41. The van der Waals surface area contributed by atoms with Crippen molar-refractivity contribution >= 4 is 26.0 Å². The molecule has 0 spiro atoms. The van der Waals surface area contributed by atoms with Crippen LogP contribution < -0.4 is 0 Å². The van der Waals surface area contributed by atoms with E-state index in [1.165, 1.54) is 4.31 Å². The number of sulfonamides is 1. The Bertz CT molecular complexity index is 501. The minimum absolute atomic E-state index is 0.394. The molecule has 0 radical (unpaired) electrons. The summed E-state index contributed by atoms with van der Waals surface area (Å²) in [6.45, 7) is 1.24. The van der Waals surface area contributed by atoms with Crippen molar-refractivity contribution in [3.63, 3.8) is 0 Å². The van der Waals surface area contributed by atoms with Crippen molar-refractivity contribution < 1.29 is 13.2 Å². The summed E-state index contributed by atoms with van der Waals surface area (Å²) in [7, 11) is -1.74. The molecule has 1 aromatic carbocycles. The molecule has 0 N–H and O–H groups in total. The maximum Gasteiger partial charge on any atom is 0.243 e. The van der Waals surface area contributed by atoms with Gasteiger partial charge in [-0.15, -0.1) is 0 Å². The highest BCUT2D eigenvalue weighted by Crippen LogP contribution is 2.31. The zero-order chi connectivity index (χ0) is 11.8. The van der Waals surface area contributed by atoms with Gasteiger partial charge in [0, 0.05) is 24.7 Å². The molecular weight excluding hydrogens is 294 g/mol. The van der Waals surface area contributed by atoms with Crippen LogP contribution in [0.2, 0.25) is 0 Å². The van der Waals surface area contributed by atoms with E-state index >= 15 is 0 Å². The zero-order valence-electron chi connectivity index (χ0n) is 8.81. The predicted molar refractivity (Wildman–Crippen MR) is 63.6 cm³/mol. The number of nitrogens with zero attached hydrogens (tertiary/aromatic N) is 1. The topological polar surface area (TPSA) is 46.6 Å². The largest absolute Gasteiger partial charge is 0.383 e. The van der Waals surface area contributed by atoms with E-state index < -0.39 is 10.0 Å². The predicted octanol–water partition coefficient (Wildman–Crippen LogP) is 1.60. The summed E-state index contributed by atoms with van der Waals surface area (Å²) >= 11 is 3.34. The summed E-state index contributed by atoms with van der Waals surface area (Å²) in [5.41, 5.74) is 0.838. The maximum atomic E-state index is 12.1. The van der Waals surface area contributed by atoms with Gasteiger partial charge in [0.2, 0.25) is 10.0 Å². The number of ether oxygens (including phenoxy) is 1. The minimum atomic E-state index is -3.30. The molecule has 1 aliphatic rings. The smallest absolute Gasteiger partial charge is 0.243 e. The van der Waals surface area contributed by atoms with Crippen molar-refractivity contribution in [1.29, 1.82) is 0 Å². The molecule has 1 aliphatic heterocycles. The van der Waals surface area contributed by atoms with Crippen LogP contribution in [0.3, 0.4) is 0 Å². The number of hydrogen-bond acceptors (Lipinski definition) is 3. The first-order valence-corrected chi connectivity index (χ1v) is 7.06. The monoisotopic (exact) mass is 305 g/mol. The lowest BCUT2D eigenvalue weighted by Crippen LogP contribution is -2.27. The van der Waals surface area contributed by atoms with E-state index in [1.54, 1.807) is 19.2 Å². The van der Waals surface area contributed by atoms with Crippen LogP contribution in [0.25, 0.3) is 0 Å². The molecule has 1 aromatic rings. The van der Waals surface area contributed by atoms with Crippen LogP contribution in [0.1, 0.15) is 5.56 Å². The van der Waals surface area contributed by atoms with Gasteiger partial charge >= 0.3 is 0 Å². The summed E-state index contributed by atoms with van der Waals surface area (Å²) in [6.07, 6.45) is 0. The van der Waals surface area contributed by atoms with E-state index in [0.717, 1.165) is 10.0 Å². The quantitative estimate of drug-likeness (QED) is 0.852. The number of benzene rings is 1.